The minimum absolute atomic E-state index is 0.119. The molecule has 1 aliphatic rings. The topological polar surface area (TPSA) is 58.1 Å². The highest BCUT2D eigenvalue weighted by Crippen LogP contribution is 2.31. The van der Waals surface area contributed by atoms with Gasteiger partial charge in [-0.1, -0.05) is 35.9 Å². The number of likely N-dealkylation sites (tertiary alicyclic amines) is 1. The molecule has 4 rings (SSSR count). The summed E-state index contributed by atoms with van der Waals surface area (Å²) in [7, 11) is 0. The lowest BCUT2D eigenvalue weighted by molar-refractivity contribution is 0.0949. The number of rotatable bonds is 6. The van der Waals surface area contributed by atoms with E-state index in [1.807, 2.05) is 25.1 Å². The fraction of sp³-hybridized carbons (Fsp3) is 0.292. The lowest BCUT2D eigenvalue weighted by Gasteiger charge is -2.24. The van der Waals surface area contributed by atoms with Gasteiger partial charge in [-0.05, 0) is 61.7 Å². The number of aromatic nitrogens is 2. The van der Waals surface area contributed by atoms with E-state index in [9.17, 15) is 9.18 Å². The Kier molecular flexibility index (Phi) is 6.59. The molecule has 0 spiro atoms. The third kappa shape index (κ3) is 5.27. The van der Waals surface area contributed by atoms with Crippen LogP contribution in [0.2, 0.25) is 5.02 Å². The molecule has 1 aromatic heterocycles. The van der Waals surface area contributed by atoms with Crippen molar-refractivity contribution in [3.8, 4) is 0 Å². The van der Waals surface area contributed by atoms with Crippen LogP contribution >= 0.6 is 11.6 Å². The van der Waals surface area contributed by atoms with Gasteiger partial charge in [0.25, 0.3) is 5.91 Å². The van der Waals surface area contributed by atoms with Crippen LogP contribution in [0.4, 0.5) is 4.39 Å². The summed E-state index contributed by atoms with van der Waals surface area (Å²) in [6.07, 6.45) is 3.66. The van der Waals surface area contributed by atoms with Crippen molar-refractivity contribution in [3.63, 3.8) is 0 Å². The van der Waals surface area contributed by atoms with Gasteiger partial charge < -0.3 is 5.32 Å². The number of halogens is 2. The Morgan fingerprint density at radius 1 is 1.23 bits per heavy atom. The first-order chi connectivity index (χ1) is 15.0. The molecule has 31 heavy (non-hydrogen) atoms. The molecule has 2 heterocycles. The van der Waals surface area contributed by atoms with Crippen molar-refractivity contribution in [2.24, 2.45) is 0 Å². The van der Waals surface area contributed by atoms with E-state index in [1.54, 1.807) is 18.3 Å². The second-order valence-electron chi connectivity index (χ2n) is 7.79. The SMILES string of the molecule is Cc1nc([C@H]2CCCN2Cc2cccc(Cl)c2)ncc1C(=O)NCc1ccc(F)cc1. The van der Waals surface area contributed by atoms with Gasteiger partial charge in [-0.15, -0.1) is 0 Å². The van der Waals surface area contributed by atoms with Crippen LogP contribution in [0.1, 0.15) is 51.9 Å². The van der Waals surface area contributed by atoms with E-state index < -0.39 is 0 Å². The van der Waals surface area contributed by atoms with Crippen molar-refractivity contribution in [2.75, 3.05) is 6.54 Å². The second-order valence-corrected chi connectivity index (χ2v) is 8.23. The molecular weight excluding hydrogens is 415 g/mol. The Bertz CT molecular complexity index is 1070. The lowest BCUT2D eigenvalue weighted by Crippen LogP contribution is -2.27. The summed E-state index contributed by atoms with van der Waals surface area (Å²) in [6, 6.07) is 14.1. The highest BCUT2D eigenvalue weighted by molar-refractivity contribution is 6.30. The molecule has 1 aliphatic heterocycles. The normalized spacial score (nSPS) is 16.4. The molecule has 5 nitrogen and oxygen atoms in total. The Morgan fingerprint density at radius 2 is 2.03 bits per heavy atom. The van der Waals surface area contributed by atoms with Crippen molar-refractivity contribution in [3.05, 3.63) is 93.8 Å². The number of nitrogens with zero attached hydrogens (tertiary/aromatic N) is 3. The predicted octanol–water partition coefficient (Wildman–Crippen LogP) is 4.84. The van der Waals surface area contributed by atoms with Gasteiger partial charge in [0.15, 0.2) is 0 Å². The lowest BCUT2D eigenvalue weighted by atomic mass is 10.1. The quantitative estimate of drug-likeness (QED) is 0.598. The molecular formula is C24H24ClFN4O. The molecule has 1 saturated heterocycles. The number of hydrogen-bond donors (Lipinski definition) is 1. The van der Waals surface area contributed by atoms with Crippen molar-refractivity contribution in [1.82, 2.24) is 20.2 Å². The van der Waals surface area contributed by atoms with Crippen LogP contribution in [-0.4, -0.2) is 27.3 Å². The van der Waals surface area contributed by atoms with Crippen molar-refractivity contribution in [1.29, 1.82) is 0 Å². The van der Waals surface area contributed by atoms with Gasteiger partial charge in [0.2, 0.25) is 0 Å². The first-order valence-electron chi connectivity index (χ1n) is 10.3. The second kappa shape index (κ2) is 9.54. The van der Waals surface area contributed by atoms with E-state index in [1.165, 1.54) is 12.1 Å². The standard InChI is InChI=1S/C24H24ClFN4O/c1-16-21(24(31)28-13-17-7-9-20(26)10-8-17)14-27-23(29-16)22-6-3-11-30(22)15-18-4-2-5-19(25)12-18/h2,4-5,7-10,12,14,22H,3,6,11,13,15H2,1H3,(H,28,31)/t22-/m1/s1. The smallest absolute Gasteiger partial charge is 0.254 e. The number of amides is 1. The van der Waals surface area contributed by atoms with Gasteiger partial charge in [-0.25, -0.2) is 14.4 Å². The number of carbonyl (C=O) groups is 1. The van der Waals surface area contributed by atoms with Crippen molar-refractivity contribution in [2.45, 2.75) is 38.9 Å². The van der Waals surface area contributed by atoms with Gasteiger partial charge >= 0.3 is 0 Å². The summed E-state index contributed by atoms with van der Waals surface area (Å²) >= 11 is 6.13. The third-order valence-corrected chi connectivity index (χ3v) is 5.78. The van der Waals surface area contributed by atoms with E-state index in [0.29, 0.717) is 17.8 Å². The van der Waals surface area contributed by atoms with Gasteiger partial charge in [-0.3, -0.25) is 9.69 Å². The number of nitrogens with one attached hydrogen (secondary N) is 1. The molecule has 1 N–H and O–H groups in total. The molecule has 2 aromatic carbocycles. The summed E-state index contributed by atoms with van der Waals surface area (Å²) in [4.78, 5) is 24.1. The summed E-state index contributed by atoms with van der Waals surface area (Å²) in [5, 5.41) is 3.58. The molecule has 3 aromatic rings. The highest BCUT2D eigenvalue weighted by Gasteiger charge is 2.29. The van der Waals surface area contributed by atoms with E-state index in [4.69, 9.17) is 11.6 Å². The van der Waals surface area contributed by atoms with E-state index in [0.717, 1.165) is 47.9 Å². The Labute approximate surface area is 186 Å². The number of carbonyl (C=O) groups excluding carboxylic acids is 1. The Balaban J connectivity index is 1.43. The van der Waals surface area contributed by atoms with Gasteiger partial charge in [0, 0.05) is 24.3 Å². The molecule has 1 fully saturated rings. The van der Waals surface area contributed by atoms with Crippen molar-refractivity contribution < 1.29 is 9.18 Å². The Morgan fingerprint density at radius 3 is 2.77 bits per heavy atom. The molecule has 1 amide bonds. The predicted molar refractivity (Wildman–Crippen MR) is 118 cm³/mol. The average molecular weight is 439 g/mol. The number of hydrogen-bond acceptors (Lipinski definition) is 4. The number of benzene rings is 2. The highest BCUT2D eigenvalue weighted by atomic mass is 35.5. The van der Waals surface area contributed by atoms with Crippen LogP contribution in [0.5, 0.6) is 0 Å². The summed E-state index contributed by atoms with van der Waals surface area (Å²) < 4.78 is 13.0. The molecule has 1 atom stereocenters. The minimum Gasteiger partial charge on any atom is -0.348 e. The van der Waals surface area contributed by atoms with Crippen LogP contribution in [0.15, 0.2) is 54.7 Å². The maximum Gasteiger partial charge on any atom is 0.254 e. The van der Waals surface area contributed by atoms with Gasteiger partial charge in [0.1, 0.15) is 11.6 Å². The monoisotopic (exact) mass is 438 g/mol. The first-order valence-corrected chi connectivity index (χ1v) is 10.7. The molecule has 0 saturated carbocycles. The molecule has 0 bridgehead atoms. The summed E-state index contributed by atoms with van der Waals surface area (Å²) in [5.74, 6) is 0.203. The van der Waals surface area contributed by atoms with E-state index >= 15 is 0 Å². The first kappa shape index (κ1) is 21.4. The number of aryl methyl sites for hydroxylation is 1. The molecule has 0 aliphatic carbocycles. The van der Waals surface area contributed by atoms with Crippen LogP contribution in [0.25, 0.3) is 0 Å². The minimum atomic E-state index is -0.300. The average Bonchev–Trinajstić information content (AvgIpc) is 3.21. The molecule has 0 radical (unpaired) electrons. The van der Waals surface area contributed by atoms with Gasteiger partial charge in [0.05, 0.1) is 17.3 Å². The molecule has 160 valence electrons. The van der Waals surface area contributed by atoms with Gasteiger partial charge in [-0.2, -0.15) is 0 Å². The largest absolute Gasteiger partial charge is 0.348 e. The fourth-order valence-electron chi connectivity index (χ4n) is 3.93. The summed E-state index contributed by atoms with van der Waals surface area (Å²) in [6.45, 7) is 3.90. The van der Waals surface area contributed by atoms with E-state index in [-0.39, 0.29) is 17.8 Å². The van der Waals surface area contributed by atoms with Crippen LogP contribution in [0, 0.1) is 12.7 Å². The van der Waals surface area contributed by atoms with Crippen LogP contribution in [-0.2, 0) is 13.1 Å². The zero-order valence-corrected chi connectivity index (χ0v) is 18.1. The molecule has 0 unspecified atom stereocenters. The zero-order chi connectivity index (χ0) is 21.8. The van der Waals surface area contributed by atoms with E-state index in [2.05, 4.69) is 26.3 Å². The third-order valence-electron chi connectivity index (χ3n) is 5.55. The maximum absolute atomic E-state index is 13.0. The Hall–Kier alpha value is -2.83. The maximum atomic E-state index is 13.0. The zero-order valence-electron chi connectivity index (χ0n) is 17.3. The fourth-order valence-corrected chi connectivity index (χ4v) is 4.14. The summed E-state index contributed by atoms with van der Waals surface area (Å²) in [5.41, 5.74) is 3.09. The molecule has 7 heteroatoms. The van der Waals surface area contributed by atoms with Crippen LogP contribution < -0.4 is 5.32 Å². The van der Waals surface area contributed by atoms with Crippen LogP contribution in [0.3, 0.4) is 0 Å². The van der Waals surface area contributed by atoms with Crippen molar-refractivity contribution >= 4 is 17.5 Å².